The summed E-state index contributed by atoms with van der Waals surface area (Å²) in [5, 5.41) is 5.63. The molecule has 0 aromatic carbocycles. The van der Waals surface area contributed by atoms with E-state index >= 15 is 0 Å². The highest BCUT2D eigenvalue weighted by atomic mass is 127. The number of nitrogens with one attached hydrogen (secondary N) is 2. The van der Waals surface area contributed by atoms with E-state index in [9.17, 15) is 13.2 Å². The van der Waals surface area contributed by atoms with Crippen LogP contribution >= 0.6 is 24.0 Å². The van der Waals surface area contributed by atoms with Crippen molar-refractivity contribution in [3.05, 3.63) is 24.2 Å². The summed E-state index contributed by atoms with van der Waals surface area (Å²) in [7, 11) is 5.31. The molecule has 5 nitrogen and oxygen atoms in total. The van der Waals surface area contributed by atoms with E-state index < -0.39 is 12.6 Å². The van der Waals surface area contributed by atoms with Crippen LogP contribution < -0.4 is 10.6 Å². The number of guanidine groups is 1. The van der Waals surface area contributed by atoms with Crippen molar-refractivity contribution >= 4 is 29.9 Å². The molecule has 2 N–H and O–H groups in total. The van der Waals surface area contributed by atoms with Crippen LogP contribution in [0.4, 0.5) is 13.2 Å². The summed E-state index contributed by atoms with van der Waals surface area (Å²) in [5.41, 5.74) is 0. The third-order valence-corrected chi connectivity index (χ3v) is 2.88. The predicted octanol–water partition coefficient (Wildman–Crippen LogP) is 2.62. The molecule has 1 rings (SSSR count). The van der Waals surface area contributed by atoms with Gasteiger partial charge >= 0.3 is 6.18 Å². The van der Waals surface area contributed by atoms with E-state index in [1.165, 1.54) is 7.05 Å². The lowest BCUT2D eigenvalue weighted by molar-refractivity contribution is -0.132. The number of rotatable bonds is 6. The Hall–Kier alpha value is -0.970. The Morgan fingerprint density at radius 3 is 2.50 bits per heavy atom. The van der Waals surface area contributed by atoms with Gasteiger partial charge in [0, 0.05) is 20.1 Å². The van der Waals surface area contributed by atoms with Gasteiger partial charge < -0.3 is 15.1 Å². The third kappa shape index (κ3) is 7.87. The topological polar surface area (TPSA) is 52.8 Å². The molecule has 0 spiro atoms. The number of furan rings is 1. The minimum absolute atomic E-state index is 0. The Labute approximate surface area is 145 Å². The van der Waals surface area contributed by atoms with E-state index in [2.05, 4.69) is 15.6 Å². The maximum atomic E-state index is 12.1. The molecular weight excluding hydrogens is 412 g/mol. The standard InChI is InChI=1S/C13H21F3N4O.HI/c1-17-12(18-7-6-13(14,15)16)19-9-10(20(2)3)11-5-4-8-21-11;/h4-5,8,10H,6-7,9H2,1-3H3,(H2,17,18,19);1H. The number of nitrogens with zero attached hydrogens (tertiary/aromatic N) is 2. The summed E-state index contributed by atoms with van der Waals surface area (Å²) in [6, 6.07) is 3.61. The number of hydrogen-bond acceptors (Lipinski definition) is 3. The van der Waals surface area contributed by atoms with Crippen molar-refractivity contribution in [1.29, 1.82) is 0 Å². The normalized spacial score (nSPS) is 13.7. The van der Waals surface area contributed by atoms with Crippen molar-refractivity contribution in [2.75, 3.05) is 34.2 Å². The van der Waals surface area contributed by atoms with Gasteiger partial charge in [-0.15, -0.1) is 24.0 Å². The highest BCUT2D eigenvalue weighted by Gasteiger charge is 2.26. The minimum atomic E-state index is -4.17. The minimum Gasteiger partial charge on any atom is -0.468 e. The van der Waals surface area contributed by atoms with Crippen molar-refractivity contribution in [3.8, 4) is 0 Å². The van der Waals surface area contributed by atoms with E-state index in [1.807, 2.05) is 25.1 Å². The lowest BCUT2D eigenvalue weighted by atomic mass is 10.2. The van der Waals surface area contributed by atoms with Crippen LogP contribution in [0.2, 0.25) is 0 Å². The lowest BCUT2D eigenvalue weighted by Crippen LogP contribution is -2.42. The van der Waals surface area contributed by atoms with Crippen LogP contribution in [0.1, 0.15) is 18.2 Å². The summed E-state index contributed by atoms with van der Waals surface area (Å²) in [6.45, 7) is 0.253. The summed E-state index contributed by atoms with van der Waals surface area (Å²) in [5.74, 6) is 1.11. The lowest BCUT2D eigenvalue weighted by Gasteiger charge is -2.23. The largest absolute Gasteiger partial charge is 0.468 e. The van der Waals surface area contributed by atoms with Crippen LogP contribution in [0.5, 0.6) is 0 Å². The van der Waals surface area contributed by atoms with Gasteiger partial charge in [0.05, 0.1) is 18.7 Å². The van der Waals surface area contributed by atoms with E-state index in [0.717, 1.165) is 5.76 Å². The number of hydrogen-bond donors (Lipinski definition) is 2. The van der Waals surface area contributed by atoms with Gasteiger partial charge in [-0.3, -0.25) is 9.89 Å². The molecule has 1 aromatic heterocycles. The van der Waals surface area contributed by atoms with Gasteiger partial charge in [0.25, 0.3) is 0 Å². The smallest absolute Gasteiger partial charge is 0.390 e. The molecule has 0 bridgehead atoms. The first-order valence-corrected chi connectivity index (χ1v) is 6.54. The van der Waals surface area contributed by atoms with Gasteiger partial charge in [-0.05, 0) is 26.2 Å². The molecule has 128 valence electrons. The maximum absolute atomic E-state index is 12.1. The van der Waals surface area contributed by atoms with Gasteiger partial charge in [-0.25, -0.2) is 0 Å². The Bertz CT molecular complexity index is 435. The summed E-state index contributed by atoms with van der Waals surface area (Å²) in [6.07, 6.45) is -3.49. The SMILES string of the molecule is CN=C(NCCC(F)(F)F)NCC(c1ccco1)N(C)C.I. The monoisotopic (exact) mass is 434 g/mol. The Balaban J connectivity index is 0.00000441. The summed E-state index contributed by atoms with van der Waals surface area (Å²) >= 11 is 0. The second kappa shape index (κ2) is 9.93. The Morgan fingerprint density at radius 2 is 2.05 bits per heavy atom. The molecule has 0 amide bonds. The second-order valence-electron chi connectivity index (χ2n) is 4.74. The molecule has 1 heterocycles. The third-order valence-electron chi connectivity index (χ3n) is 2.88. The van der Waals surface area contributed by atoms with Gasteiger partial charge in [0.1, 0.15) is 5.76 Å². The van der Waals surface area contributed by atoms with Gasteiger partial charge in [-0.2, -0.15) is 13.2 Å². The van der Waals surface area contributed by atoms with Crippen molar-refractivity contribution in [3.63, 3.8) is 0 Å². The zero-order chi connectivity index (χ0) is 15.9. The molecule has 0 aliphatic carbocycles. The van der Waals surface area contributed by atoms with E-state index in [1.54, 1.807) is 12.3 Å². The van der Waals surface area contributed by atoms with Crippen LogP contribution in [-0.2, 0) is 0 Å². The molecule has 0 radical (unpaired) electrons. The maximum Gasteiger partial charge on any atom is 0.390 e. The molecule has 1 aromatic rings. The highest BCUT2D eigenvalue weighted by molar-refractivity contribution is 14.0. The average Bonchev–Trinajstić information content (AvgIpc) is 2.88. The zero-order valence-corrected chi connectivity index (χ0v) is 15.1. The Morgan fingerprint density at radius 1 is 1.36 bits per heavy atom. The molecule has 22 heavy (non-hydrogen) atoms. The van der Waals surface area contributed by atoms with Crippen LogP contribution in [-0.4, -0.2) is 51.3 Å². The molecule has 0 fully saturated rings. The molecule has 0 saturated carbocycles. The van der Waals surface area contributed by atoms with Crippen LogP contribution in [0.25, 0.3) is 0 Å². The van der Waals surface area contributed by atoms with E-state index in [4.69, 9.17) is 4.42 Å². The molecular formula is C13H22F3IN4O. The summed E-state index contributed by atoms with van der Waals surface area (Å²) in [4.78, 5) is 5.85. The fourth-order valence-corrected chi connectivity index (χ4v) is 1.76. The number of alkyl halides is 3. The zero-order valence-electron chi connectivity index (χ0n) is 12.8. The van der Waals surface area contributed by atoms with Crippen LogP contribution in [0, 0.1) is 0 Å². The van der Waals surface area contributed by atoms with Gasteiger partial charge in [0.15, 0.2) is 5.96 Å². The van der Waals surface area contributed by atoms with E-state index in [-0.39, 0.29) is 36.6 Å². The van der Waals surface area contributed by atoms with Gasteiger partial charge in [0.2, 0.25) is 0 Å². The first kappa shape index (κ1) is 21.0. The quantitative estimate of drug-likeness (QED) is 0.411. The Kier molecular flexibility index (Phi) is 9.49. The molecule has 0 aliphatic heterocycles. The second-order valence-corrected chi connectivity index (χ2v) is 4.74. The van der Waals surface area contributed by atoms with Crippen molar-refractivity contribution in [1.82, 2.24) is 15.5 Å². The first-order chi connectivity index (χ1) is 9.83. The summed E-state index contributed by atoms with van der Waals surface area (Å²) < 4.78 is 41.6. The fourth-order valence-electron chi connectivity index (χ4n) is 1.76. The van der Waals surface area contributed by atoms with Crippen molar-refractivity contribution in [2.24, 2.45) is 4.99 Å². The molecule has 0 aliphatic rings. The van der Waals surface area contributed by atoms with Crippen molar-refractivity contribution in [2.45, 2.75) is 18.6 Å². The average molecular weight is 434 g/mol. The predicted molar refractivity (Wildman–Crippen MR) is 90.6 cm³/mol. The van der Waals surface area contributed by atoms with Gasteiger partial charge in [-0.1, -0.05) is 0 Å². The fraction of sp³-hybridized carbons (Fsp3) is 0.615. The van der Waals surface area contributed by atoms with Crippen LogP contribution in [0.15, 0.2) is 27.8 Å². The van der Waals surface area contributed by atoms with E-state index in [0.29, 0.717) is 12.5 Å². The molecule has 1 atom stereocenters. The molecule has 0 saturated heterocycles. The first-order valence-electron chi connectivity index (χ1n) is 6.54. The van der Waals surface area contributed by atoms with Crippen LogP contribution in [0.3, 0.4) is 0 Å². The highest BCUT2D eigenvalue weighted by Crippen LogP contribution is 2.18. The number of likely N-dealkylation sites (N-methyl/N-ethyl adjacent to an activating group) is 1. The number of aliphatic imine (C=N–C) groups is 1. The van der Waals surface area contributed by atoms with Crippen molar-refractivity contribution < 1.29 is 17.6 Å². The molecule has 9 heteroatoms. The number of halogens is 4. The molecule has 1 unspecified atom stereocenters.